The van der Waals surface area contributed by atoms with Crippen LogP contribution < -0.4 is 0 Å². The summed E-state index contributed by atoms with van der Waals surface area (Å²) in [5, 5.41) is 0. The van der Waals surface area contributed by atoms with E-state index in [0.29, 0.717) is 11.8 Å². The summed E-state index contributed by atoms with van der Waals surface area (Å²) >= 11 is 0. The molecule has 1 aliphatic heterocycles. The molecule has 3 atom stereocenters. The van der Waals surface area contributed by atoms with Crippen LogP contribution in [0.15, 0.2) is 23.8 Å². The lowest BCUT2D eigenvalue weighted by Crippen LogP contribution is -2.49. The van der Waals surface area contributed by atoms with Gasteiger partial charge in [-0.2, -0.15) is 0 Å². The number of allylic oxidation sites excluding steroid dienone is 3. The van der Waals surface area contributed by atoms with Crippen molar-refractivity contribution >= 4 is 0 Å². The van der Waals surface area contributed by atoms with Gasteiger partial charge in [0.1, 0.15) is 0 Å². The van der Waals surface area contributed by atoms with Crippen molar-refractivity contribution in [2.45, 2.75) is 77.9 Å². The van der Waals surface area contributed by atoms with Gasteiger partial charge >= 0.3 is 0 Å². The summed E-state index contributed by atoms with van der Waals surface area (Å²) in [6.45, 7) is 13.1. The SMILES string of the molecule is C=C(C)[C@]12CCCC=C1[C@@H]1CCC3(OCCO3)C(C)(C)[C@H](CC2)C1. The molecule has 1 spiro atoms. The van der Waals surface area contributed by atoms with Gasteiger partial charge in [-0.05, 0) is 63.7 Å². The first kappa shape index (κ1) is 16.8. The molecular formula is C22H34O2. The smallest absolute Gasteiger partial charge is 0.173 e. The highest BCUT2D eigenvalue weighted by Gasteiger charge is 2.58. The quantitative estimate of drug-likeness (QED) is 0.579. The molecule has 0 amide bonds. The predicted octanol–water partition coefficient (Wildman–Crippen LogP) is 5.64. The van der Waals surface area contributed by atoms with E-state index in [4.69, 9.17) is 9.47 Å². The molecule has 3 aliphatic carbocycles. The normalized spacial score (nSPS) is 40.4. The molecule has 0 N–H and O–H groups in total. The van der Waals surface area contributed by atoms with Crippen molar-refractivity contribution in [1.29, 1.82) is 0 Å². The Balaban J connectivity index is 1.75. The average Bonchev–Trinajstić information content (AvgIpc) is 2.93. The zero-order valence-electron chi connectivity index (χ0n) is 15.8. The van der Waals surface area contributed by atoms with E-state index in [1.807, 2.05) is 0 Å². The molecule has 2 nitrogen and oxygen atoms in total. The van der Waals surface area contributed by atoms with Gasteiger partial charge in [0.25, 0.3) is 0 Å². The number of hydrogen-bond donors (Lipinski definition) is 0. The van der Waals surface area contributed by atoms with E-state index in [0.717, 1.165) is 19.6 Å². The number of hydrogen-bond acceptors (Lipinski definition) is 2. The zero-order chi connectivity index (χ0) is 17.0. The van der Waals surface area contributed by atoms with Crippen LogP contribution in [-0.4, -0.2) is 19.0 Å². The summed E-state index contributed by atoms with van der Waals surface area (Å²) < 4.78 is 12.6. The van der Waals surface area contributed by atoms with Gasteiger partial charge in [0, 0.05) is 17.3 Å². The summed E-state index contributed by atoms with van der Waals surface area (Å²) in [5.41, 5.74) is 3.51. The topological polar surface area (TPSA) is 18.5 Å². The maximum atomic E-state index is 6.28. The van der Waals surface area contributed by atoms with E-state index in [-0.39, 0.29) is 16.6 Å². The van der Waals surface area contributed by atoms with Gasteiger partial charge in [0.05, 0.1) is 13.2 Å². The maximum Gasteiger partial charge on any atom is 0.173 e. The van der Waals surface area contributed by atoms with Crippen LogP contribution in [0.3, 0.4) is 0 Å². The van der Waals surface area contributed by atoms with Crippen LogP contribution in [0.25, 0.3) is 0 Å². The maximum absolute atomic E-state index is 6.28. The van der Waals surface area contributed by atoms with E-state index in [1.165, 1.54) is 50.5 Å². The lowest BCUT2D eigenvalue weighted by Gasteiger charge is -2.47. The van der Waals surface area contributed by atoms with Gasteiger partial charge in [-0.1, -0.05) is 37.6 Å². The Morgan fingerprint density at radius 2 is 1.88 bits per heavy atom. The van der Waals surface area contributed by atoms with Crippen molar-refractivity contribution in [2.24, 2.45) is 22.7 Å². The Bertz CT molecular complexity index is 552. The lowest BCUT2D eigenvalue weighted by atomic mass is 9.62. The van der Waals surface area contributed by atoms with Gasteiger partial charge in [-0.25, -0.2) is 0 Å². The van der Waals surface area contributed by atoms with Crippen LogP contribution in [0.4, 0.5) is 0 Å². The highest BCUT2D eigenvalue weighted by Crippen LogP contribution is 2.61. The highest BCUT2D eigenvalue weighted by molar-refractivity contribution is 5.32. The second kappa shape index (κ2) is 5.71. The first-order valence-electron chi connectivity index (χ1n) is 10.1. The Labute approximate surface area is 147 Å². The van der Waals surface area contributed by atoms with Crippen molar-refractivity contribution in [2.75, 3.05) is 13.2 Å². The van der Waals surface area contributed by atoms with Crippen LogP contribution >= 0.6 is 0 Å². The molecular weight excluding hydrogens is 296 g/mol. The molecule has 0 unspecified atom stereocenters. The van der Waals surface area contributed by atoms with Crippen molar-refractivity contribution < 1.29 is 9.47 Å². The minimum absolute atomic E-state index is 0.0859. The third-order valence-electron chi connectivity index (χ3n) is 8.05. The molecule has 1 saturated heterocycles. The van der Waals surface area contributed by atoms with Crippen LogP contribution in [0.1, 0.15) is 72.1 Å². The van der Waals surface area contributed by atoms with Gasteiger partial charge < -0.3 is 9.47 Å². The minimum Gasteiger partial charge on any atom is -0.347 e. The van der Waals surface area contributed by atoms with Gasteiger partial charge in [0.2, 0.25) is 0 Å². The number of ether oxygens (including phenoxy) is 2. The van der Waals surface area contributed by atoms with Crippen LogP contribution in [0, 0.1) is 22.7 Å². The van der Waals surface area contributed by atoms with Crippen LogP contribution in [0.2, 0.25) is 0 Å². The van der Waals surface area contributed by atoms with Gasteiger partial charge in [-0.15, -0.1) is 0 Å². The van der Waals surface area contributed by atoms with Crippen molar-refractivity contribution in [3.63, 3.8) is 0 Å². The minimum atomic E-state index is -0.342. The van der Waals surface area contributed by atoms with Crippen molar-refractivity contribution in [3.05, 3.63) is 23.8 Å². The van der Waals surface area contributed by atoms with E-state index >= 15 is 0 Å². The molecule has 1 heterocycles. The predicted molar refractivity (Wildman–Crippen MR) is 97.7 cm³/mol. The van der Waals surface area contributed by atoms with Crippen LogP contribution in [-0.2, 0) is 9.47 Å². The van der Waals surface area contributed by atoms with Crippen molar-refractivity contribution in [3.8, 4) is 0 Å². The average molecular weight is 331 g/mol. The molecule has 4 aliphatic rings. The molecule has 0 radical (unpaired) electrons. The van der Waals surface area contributed by atoms with E-state index in [9.17, 15) is 0 Å². The first-order valence-corrected chi connectivity index (χ1v) is 10.1. The molecule has 134 valence electrons. The van der Waals surface area contributed by atoms with E-state index in [1.54, 1.807) is 5.57 Å². The van der Waals surface area contributed by atoms with Crippen LogP contribution in [0.5, 0.6) is 0 Å². The van der Waals surface area contributed by atoms with Crippen molar-refractivity contribution in [1.82, 2.24) is 0 Å². The second-order valence-corrected chi connectivity index (χ2v) is 9.29. The lowest BCUT2D eigenvalue weighted by molar-refractivity contribution is -0.244. The number of fused-ring (bicyclic) bond motifs is 4. The standard InChI is InChI=1S/C22H34O2/c1-16(2)21-10-6-5-7-19(21)17-8-12-22(23-13-14-24-22)20(3,4)18(15-17)9-11-21/h7,17-18H,1,5-6,8-15H2,2-4H3/t17-,18-,21-/m1/s1. The Morgan fingerprint density at radius 1 is 1.12 bits per heavy atom. The fourth-order valence-corrected chi connectivity index (χ4v) is 6.41. The van der Waals surface area contributed by atoms with E-state index in [2.05, 4.69) is 33.4 Å². The monoisotopic (exact) mass is 330 g/mol. The Morgan fingerprint density at radius 3 is 2.58 bits per heavy atom. The second-order valence-electron chi connectivity index (χ2n) is 9.29. The Hall–Kier alpha value is -0.600. The molecule has 2 saturated carbocycles. The van der Waals surface area contributed by atoms with Gasteiger partial charge in [0.15, 0.2) is 5.79 Å². The zero-order valence-corrected chi connectivity index (χ0v) is 15.8. The molecule has 0 aromatic carbocycles. The molecule has 2 heteroatoms. The van der Waals surface area contributed by atoms with Gasteiger partial charge in [-0.3, -0.25) is 0 Å². The summed E-state index contributed by atoms with van der Waals surface area (Å²) in [7, 11) is 0. The molecule has 3 fully saturated rings. The number of rotatable bonds is 1. The summed E-state index contributed by atoms with van der Waals surface area (Å²) in [6, 6.07) is 0. The first-order chi connectivity index (χ1) is 11.4. The molecule has 2 bridgehead atoms. The fraction of sp³-hybridized carbons (Fsp3) is 0.818. The summed E-state index contributed by atoms with van der Waals surface area (Å²) in [4.78, 5) is 0. The van der Waals surface area contributed by atoms with E-state index < -0.39 is 0 Å². The highest BCUT2D eigenvalue weighted by atomic mass is 16.7. The summed E-state index contributed by atoms with van der Waals surface area (Å²) in [5.74, 6) is 1.02. The third kappa shape index (κ3) is 2.22. The molecule has 4 rings (SSSR count). The third-order valence-corrected chi connectivity index (χ3v) is 8.05. The molecule has 0 aromatic rings. The molecule has 24 heavy (non-hydrogen) atoms. The molecule has 0 aromatic heterocycles. The summed E-state index contributed by atoms with van der Waals surface area (Å²) in [6.07, 6.45) is 12.6. The Kier molecular flexibility index (Phi) is 4.01. The fourth-order valence-electron chi connectivity index (χ4n) is 6.41. The largest absolute Gasteiger partial charge is 0.347 e.